The predicted octanol–water partition coefficient (Wildman–Crippen LogP) is 14.3. The van der Waals surface area contributed by atoms with Gasteiger partial charge in [0.2, 0.25) is 0 Å². The van der Waals surface area contributed by atoms with Crippen LogP contribution in [0, 0.1) is 6.92 Å². The lowest BCUT2D eigenvalue weighted by molar-refractivity contribution is 1.28. The van der Waals surface area contributed by atoms with Gasteiger partial charge in [-0.2, -0.15) is 0 Å². The fourth-order valence-electron chi connectivity index (χ4n) is 10.3. The summed E-state index contributed by atoms with van der Waals surface area (Å²) in [5.74, 6) is 0. The molecular weight excluding hydrogens is 813 g/mol. The van der Waals surface area contributed by atoms with E-state index < -0.39 is 8.07 Å². The van der Waals surface area contributed by atoms with E-state index in [0.29, 0.717) is 0 Å². The Balaban J connectivity index is 0.936. The lowest BCUT2D eigenvalue weighted by Crippen LogP contribution is -2.74. The molecule has 0 heterocycles. The highest BCUT2D eigenvalue weighted by Crippen LogP contribution is 2.51. The molecule has 0 spiro atoms. The number of rotatable bonds is 10. The first-order chi connectivity index (χ1) is 32.6. The van der Waals surface area contributed by atoms with Crippen molar-refractivity contribution in [2.24, 2.45) is 0 Å². The average molecular weight is 859 g/mol. The summed E-state index contributed by atoms with van der Waals surface area (Å²) in [7, 11) is -2.67. The van der Waals surface area contributed by atoms with Gasteiger partial charge < -0.3 is 9.80 Å². The molecule has 1 aliphatic rings. The van der Waals surface area contributed by atoms with E-state index in [1.165, 1.54) is 70.1 Å². The summed E-state index contributed by atoms with van der Waals surface area (Å²) in [4.78, 5) is 4.75. The highest BCUT2D eigenvalue weighted by molar-refractivity contribution is 7.19. The number of benzene rings is 11. The number of anilines is 6. The fourth-order valence-corrected chi connectivity index (χ4v) is 15.1. The summed E-state index contributed by atoms with van der Waals surface area (Å²) in [6.45, 7) is 2.14. The van der Waals surface area contributed by atoms with E-state index in [9.17, 15) is 0 Å². The van der Waals surface area contributed by atoms with Gasteiger partial charge in [0.25, 0.3) is 0 Å². The molecule has 312 valence electrons. The highest BCUT2D eigenvalue weighted by atomic mass is 28.3. The largest absolute Gasteiger partial charge is 0.310 e. The zero-order valence-corrected chi connectivity index (χ0v) is 37.7. The minimum Gasteiger partial charge on any atom is -0.310 e. The van der Waals surface area contributed by atoms with Gasteiger partial charge in [-0.05, 0) is 169 Å². The maximum absolute atomic E-state index is 2.67. The Morgan fingerprint density at radius 1 is 0.242 bits per heavy atom. The Morgan fingerprint density at radius 2 is 0.530 bits per heavy atom. The van der Waals surface area contributed by atoms with Crippen LogP contribution in [-0.2, 0) is 0 Å². The Kier molecular flexibility index (Phi) is 9.77. The molecule has 0 N–H and O–H groups in total. The molecule has 0 saturated heterocycles. The molecule has 0 aromatic heterocycles. The van der Waals surface area contributed by atoms with E-state index >= 15 is 0 Å². The van der Waals surface area contributed by atoms with Crippen molar-refractivity contribution in [3.05, 3.63) is 266 Å². The van der Waals surface area contributed by atoms with Crippen molar-refractivity contribution in [1.82, 2.24) is 0 Å². The maximum atomic E-state index is 2.40. The van der Waals surface area contributed by atoms with Crippen LogP contribution in [0.25, 0.3) is 43.8 Å². The summed E-state index contributed by atoms with van der Waals surface area (Å²) in [6, 6.07) is 96.5. The van der Waals surface area contributed by atoms with E-state index in [4.69, 9.17) is 0 Å². The summed E-state index contributed by atoms with van der Waals surface area (Å²) in [5, 5.41) is 10.4. The molecule has 11 aromatic carbocycles. The first-order valence-electron chi connectivity index (χ1n) is 22.8. The third kappa shape index (κ3) is 6.72. The van der Waals surface area contributed by atoms with Crippen molar-refractivity contribution in [3.63, 3.8) is 0 Å². The molecule has 0 aliphatic heterocycles. The van der Waals surface area contributed by atoms with Gasteiger partial charge in [0.15, 0.2) is 8.07 Å². The standard InChI is InChI=1S/C63H46N2Si/c1-45-27-31-52(32-28-45)64(50-17-7-2-8-18-50)54-33-29-46-41-60-61-42-47-30-34-55(40-49(47)44-63(61)62(60)43-48(46)39-54)65(51-19-9-3-10-20-51)53-35-37-59(38-36-53)66(56-21-11-4-12-22-56,57-23-13-5-14-24-57)58-25-15-6-16-26-58/h2-44H,1H3. The van der Waals surface area contributed by atoms with Gasteiger partial charge in [0.05, 0.1) is 0 Å². The molecule has 2 nitrogen and oxygen atoms in total. The van der Waals surface area contributed by atoms with Crippen LogP contribution in [0.15, 0.2) is 261 Å². The molecule has 0 radical (unpaired) electrons. The first kappa shape index (κ1) is 39.4. The quantitative estimate of drug-likeness (QED) is 0.0999. The lowest BCUT2D eigenvalue weighted by atomic mass is 9.78. The SMILES string of the molecule is Cc1ccc(N(c2ccccc2)c2ccc3cc4c(cc3c2)-c2cc3cc(N(c5ccccc5)c5ccc([Si](c6ccccc6)(c6ccccc6)c6ccccc6)cc5)ccc3cc2-4)cc1. The van der Waals surface area contributed by atoms with E-state index in [1.54, 1.807) is 0 Å². The molecule has 3 heteroatoms. The van der Waals surface area contributed by atoms with Crippen LogP contribution in [0.3, 0.4) is 0 Å². The maximum Gasteiger partial charge on any atom is 0.179 e. The highest BCUT2D eigenvalue weighted by Gasteiger charge is 2.41. The van der Waals surface area contributed by atoms with E-state index in [1.807, 2.05) is 0 Å². The normalized spacial score (nSPS) is 11.7. The summed E-state index contributed by atoms with van der Waals surface area (Å²) in [5.41, 5.74) is 13.3. The van der Waals surface area contributed by atoms with Crippen LogP contribution in [0.2, 0.25) is 0 Å². The number of hydrogen-bond donors (Lipinski definition) is 0. The second kappa shape index (κ2) is 16.4. The van der Waals surface area contributed by atoms with Gasteiger partial charge in [-0.3, -0.25) is 0 Å². The summed E-state index contributed by atoms with van der Waals surface area (Å²) in [6.07, 6.45) is 0. The van der Waals surface area contributed by atoms with Crippen molar-refractivity contribution in [3.8, 4) is 22.3 Å². The van der Waals surface area contributed by atoms with E-state index in [0.717, 1.165) is 34.1 Å². The Hall–Kier alpha value is -8.24. The number of para-hydroxylation sites is 2. The van der Waals surface area contributed by atoms with Crippen molar-refractivity contribution >= 4 is 84.5 Å². The molecule has 0 unspecified atom stereocenters. The molecule has 0 atom stereocenters. The zero-order valence-electron chi connectivity index (χ0n) is 36.7. The summed E-state index contributed by atoms with van der Waals surface area (Å²) < 4.78 is 0. The molecule has 0 saturated carbocycles. The smallest absolute Gasteiger partial charge is 0.179 e. The van der Waals surface area contributed by atoms with Crippen LogP contribution in [0.1, 0.15) is 5.56 Å². The van der Waals surface area contributed by atoms with Crippen molar-refractivity contribution < 1.29 is 0 Å². The van der Waals surface area contributed by atoms with Gasteiger partial charge in [-0.1, -0.05) is 169 Å². The zero-order chi connectivity index (χ0) is 44.0. The number of hydrogen-bond acceptors (Lipinski definition) is 2. The van der Waals surface area contributed by atoms with Crippen molar-refractivity contribution in [1.29, 1.82) is 0 Å². The Morgan fingerprint density at radius 3 is 0.909 bits per heavy atom. The topological polar surface area (TPSA) is 6.48 Å². The third-order valence-electron chi connectivity index (χ3n) is 13.5. The minimum absolute atomic E-state index is 1.12. The molecule has 0 bridgehead atoms. The van der Waals surface area contributed by atoms with Gasteiger partial charge in [-0.25, -0.2) is 0 Å². The second-order valence-electron chi connectivity index (χ2n) is 17.4. The predicted molar refractivity (Wildman–Crippen MR) is 284 cm³/mol. The molecule has 12 rings (SSSR count). The number of aryl methyl sites for hydroxylation is 1. The Bertz CT molecular complexity index is 3410. The third-order valence-corrected chi connectivity index (χ3v) is 18.3. The number of nitrogens with zero attached hydrogens (tertiary/aromatic N) is 2. The lowest BCUT2D eigenvalue weighted by Gasteiger charge is -2.35. The van der Waals surface area contributed by atoms with Gasteiger partial charge in [0.1, 0.15) is 0 Å². The van der Waals surface area contributed by atoms with Gasteiger partial charge in [0, 0.05) is 34.1 Å². The number of fused-ring (bicyclic) bond motifs is 6. The van der Waals surface area contributed by atoms with Gasteiger partial charge >= 0.3 is 0 Å². The van der Waals surface area contributed by atoms with Crippen LogP contribution in [0.5, 0.6) is 0 Å². The van der Waals surface area contributed by atoms with Crippen LogP contribution in [-0.4, -0.2) is 8.07 Å². The minimum atomic E-state index is -2.67. The molecule has 11 aromatic rings. The average Bonchev–Trinajstić information content (AvgIpc) is 3.38. The second-order valence-corrected chi connectivity index (χ2v) is 21.2. The Labute approximate surface area is 388 Å². The molecule has 0 fully saturated rings. The molecule has 1 aliphatic carbocycles. The first-order valence-corrected chi connectivity index (χ1v) is 24.8. The van der Waals surface area contributed by atoms with Crippen LogP contribution < -0.4 is 30.5 Å². The van der Waals surface area contributed by atoms with E-state index in [-0.39, 0.29) is 0 Å². The van der Waals surface area contributed by atoms with Crippen molar-refractivity contribution in [2.45, 2.75) is 6.92 Å². The molecular formula is C63H46N2Si. The fraction of sp³-hybridized carbons (Fsp3) is 0.0159. The van der Waals surface area contributed by atoms with E-state index in [2.05, 4.69) is 278 Å². The monoisotopic (exact) mass is 858 g/mol. The van der Waals surface area contributed by atoms with Crippen molar-refractivity contribution in [2.75, 3.05) is 9.80 Å². The van der Waals surface area contributed by atoms with Gasteiger partial charge in [-0.15, -0.1) is 0 Å². The summed E-state index contributed by atoms with van der Waals surface area (Å²) >= 11 is 0. The molecule has 66 heavy (non-hydrogen) atoms. The van der Waals surface area contributed by atoms with Crippen LogP contribution >= 0.6 is 0 Å². The van der Waals surface area contributed by atoms with Crippen LogP contribution in [0.4, 0.5) is 34.1 Å². The molecule has 0 amide bonds.